The first kappa shape index (κ1) is 21.0. The summed E-state index contributed by atoms with van der Waals surface area (Å²) in [4.78, 5) is 2.74. The van der Waals surface area contributed by atoms with Gasteiger partial charge in [0.05, 0.1) is 5.60 Å². The third-order valence-corrected chi connectivity index (χ3v) is 11.5. The molecule has 5 fully saturated rings. The second-order valence-corrected chi connectivity index (χ2v) is 13.1. The molecule has 0 aromatic heterocycles. The predicted octanol–water partition coefficient (Wildman–Crippen LogP) is 5.16. The second kappa shape index (κ2) is 6.06. The summed E-state index contributed by atoms with van der Waals surface area (Å²) in [5.41, 5.74) is 4.15. The lowest BCUT2D eigenvalue weighted by Gasteiger charge is -2.76. The fraction of sp³-hybridized carbons (Fsp3) is 0.724. The summed E-state index contributed by atoms with van der Waals surface area (Å²) in [6.07, 6.45) is 7.97. The largest absolute Gasteiger partial charge is 0.486 e. The van der Waals surface area contributed by atoms with Crippen LogP contribution in [-0.2, 0) is 21.3 Å². The molecule has 4 heteroatoms. The van der Waals surface area contributed by atoms with Gasteiger partial charge < -0.3 is 14.2 Å². The van der Waals surface area contributed by atoms with Gasteiger partial charge >= 0.3 is 0 Å². The van der Waals surface area contributed by atoms with E-state index < -0.39 is 0 Å². The van der Waals surface area contributed by atoms with Crippen molar-refractivity contribution in [2.75, 3.05) is 19.9 Å². The first-order valence-corrected chi connectivity index (χ1v) is 13.1. The molecule has 178 valence electrons. The van der Waals surface area contributed by atoms with Gasteiger partial charge in [0.2, 0.25) is 0 Å². The van der Waals surface area contributed by atoms with Crippen molar-refractivity contribution in [3.05, 3.63) is 41.5 Å². The Balaban J connectivity index is 1.51. The van der Waals surface area contributed by atoms with Gasteiger partial charge in [-0.1, -0.05) is 39.0 Å². The SMILES string of the molecule is C=CCN1CC[C@]23c4c5ccc(C)c4O[C@H]2[C@@]24CCC3(C[C@@H]2[C@@](C)(C(C)(C)C)OCO4)[C@H]1C5. The predicted molar refractivity (Wildman–Crippen MR) is 129 cm³/mol. The minimum Gasteiger partial charge on any atom is -0.486 e. The molecular formula is C29H39NO3. The van der Waals surface area contributed by atoms with Crippen LogP contribution in [0.5, 0.6) is 5.75 Å². The second-order valence-electron chi connectivity index (χ2n) is 13.1. The molecule has 4 aliphatic carbocycles. The minimum absolute atomic E-state index is 0.0207. The molecule has 8 rings (SSSR count). The number of hydrogen-bond donors (Lipinski definition) is 0. The maximum absolute atomic E-state index is 7.18. The molecule has 3 heterocycles. The van der Waals surface area contributed by atoms with E-state index in [1.165, 1.54) is 29.7 Å². The molecule has 33 heavy (non-hydrogen) atoms. The molecule has 1 unspecified atom stereocenters. The quantitative estimate of drug-likeness (QED) is 0.584. The molecule has 3 spiro atoms. The fourth-order valence-electron chi connectivity index (χ4n) is 9.72. The Morgan fingerprint density at radius 3 is 2.76 bits per heavy atom. The van der Waals surface area contributed by atoms with Gasteiger partial charge in [-0.05, 0) is 69.0 Å². The molecule has 7 atom stereocenters. The molecule has 0 N–H and O–H groups in total. The van der Waals surface area contributed by atoms with Gasteiger partial charge in [-0.15, -0.1) is 6.58 Å². The van der Waals surface area contributed by atoms with E-state index >= 15 is 0 Å². The van der Waals surface area contributed by atoms with E-state index in [0.717, 1.165) is 32.4 Å². The van der Waals surface area contributed by atoms with Gasteiger partial charge in [-0.25, -0.2) is 0 Å². The monoisotopic (exact) mass is 449 g/mol. The van der Waals surface area contributed by atoms with Crippen molar-refractivity contribution in [2.24, 2.45) is 16.7 Å². The highest BCUT2D eigenvalue weighted by molar-refractivity contribution is 5.61. The Morgan fingerprint density at radius 2 is 2.00 bits per heavy atom. The highest BCUT2D eigenvalue weighted by atomic mass is 16.7. The van der Waals surface area contributed by atoms with Crippen molar-refractivity contribution in [1.29, 1.82) is 0 Å². The summed E-state index contributed by atoms with van der Waals surface area (Å²) in [7, 11) is 0. The molecule has 3 saturated carbocycles. The van der Waals surface area contributed by atoms with E-state index in [9.17, 15) is 0 Å². The van der Waals surface area contributed by atoms with Gasteiger partial charge in [0.25, 0.3) is 0 Å². The zero-order valence-corrected chi connectivity index (χ0v) is 21.0. The van der Waals surface area contributed by atoms with Gasteiger partial charge in [0.1, 0.15) is 24.2 Å². The Hall–Kier alpha value is -1.36. The average Bonchev–Trinajstić information content (AvgIpc) is 3.14. The topological polar surface area (TPSA) is 30.9 Å². The highest BCUT2D eigenvalue weighted by Gasteiger charge is 2.83. The van der Waals surface area contributed by atoms with E-state index in [-0.39, 0.29) is 33.6 Å². The first-order chi connectivity index (χ1) is 15.6. The van der Waals surface area contributed by atoms with Crippen molar-refractivity contribution in [1.82, 2.24) is 4.90 Å². The van der Waals surface area contributed by atoms with Crippen LogP contribution in [0.2, 0.25) is 0 Å². The minimum atomic E-state index is -0.271. The number of nitrogens with zero attached hydrogens (tertiary/aromatic N) is 1. The van der Waals surface area contributed by atoms with Crippen LogP contribution in [0.15, 0.2) is 24.8 Å². The zero-order chi connectivity index (χ0) is 23.0. The molecular weight excluding hydrogens is 410 g/mol. The number of fused-ring (bicyclic) bond motifs is 1. The highest BCUT2D eigenvalue weighted by Crippen LogP contribution is 2.78. The maximum atomic E-state index is 7.18. The normalized spacial score (nSPS) is 47.0. The molecule has 3 aliphatic heterocycles. The molecule has 0 amide bonds. The third-order valence-electron chi connectivity index (χ3n) is 11.5. The van der Waals surface area contributed by atoms with Crippen molar-refractivity contribution in [3.8, 4) is 5.75 Å². The number of aryl methyl sites for hydroxylation is 1. The number of ether oxygens (including phenoxy) is 3. The summed E-state index contributed by atoms with van der Waals surface area (Å²) in [5, 5.41) is 0. The Morgan fingerprint density at radius 1 is 1.18 bits per heavy atom. The van der Waals surface area contributed by atoms with Crippen LogP contribution in [-0.4, -0.2) is 48.1 Å². The Kier molecular flexibility index (Phi) is 3.85. The Labute approximate surface area is 198 Å². The number of likely N-dealkylation sites (tertiary alicyclic amines) is 1. The summed E-state index contributed by atoms with van der Waals surface area (Å²) in [6.45, 7) is 18.2. The standard InChI is InChI=1S/C29H39NO3/c1-7-13-30-14-12-28-22-19-9-8-18(2)23(22)33-24(28)29-11-10-27(28,21(30)15-19)16-20(29)26(6,25(3,4)5)31-17-32-29/h7-9,20-21,24H,1,10-17H2,2-6H3/t20-,21-,24-,26+,27?,28+,29-/m1/s1. The van der Waals surface area contributed by atoms with Crippen LogP contribution in [0, 0.1) is 23.7 Å². The Bertz CT molecular complexity index is 1060. The van der Waals surface area contributed by atoms with Gasteiger partial charge in [-0.3, -0.25) is 4.90 Å². The van der Waals surface area contributed by atoms with Crippen LogP contribution in [0.1, 0.15) is 70.1 Å². The smallest absolute Gasteiger partial charge is 0.148 e. The molecule has 1 aromatic carbocycles. The van der Waals surface area contributed by atoms with Crippen molar-refractivity contribution < 1.29 is 14.2 Å². The average molecular weight is 450 g/mol. The number of hydrogen-bond acceptors (Lipinski definition) is 4. The van der Waals surface area contributed by atoms with E-state index in [1.54, 1.807) is 5.56 Å². The summed E-state index contributed by atoms with van der Waals surface area (Å²) in [6, 6.07) is 5.22. The fourth-order valence-corrected chi connectivity index (χ4v) is 9.72. The molecule has 4 nitrogen and oxygen atoms in total. The van der Waals surface area contributed by atoms with E-state index in [1.807, 2.05) is 0 Å². The van der Waals surface area contributed by atoms with Crippen LogP contribution in [0.3, 0.4) is 0 Å². The first-order valence-electron chi connectivity index (χ1n) is 13.1. The van der Waals surface area contributed by atoms with Gasteiger partial charge in [-0.2, -0.15) is 0 Å². The van der Waals surface area contributed by atoms with Crippen molar-refractivity contribution >= 4 is 0 Å². The van der Waals surface area contributed by atoms with Crippen LogP contribution >= 0.6 is 0 Å². The van der Waals surface area contributed by atoms with Crippen molar-refractivity contribution in [2.45, 2.75) is 95.5 Å². The molecule has 1 aromatic rings. The van der Waals surface area contributed by atoms with Crippen LogP contribution in [0.4, 0.5) is 0 Å². The van der Waals surface area contributed by atoms with Gasteiger partial charge in [0.15, 0.2) is 0 Å². The maximum Gasteiger partial charge on any atom is 0.148 e. The van der Waals surface area contributed by atoms with Crippen molar-refractivity contribution in [3.63, 3.8) is 0 Å². The summed E-state index contributed by atoms with van der Waals surface area (Å²) < 4.78 is 20.6. The van der Waals surface area contributed by atoms with E-state index in [4.69, 9.17) is 14.2 Å². The van der Waals surface area contributed by atoms with Crippen LogP contribution in [0.25, 0.3) is 0 Å². The lowest BCUT2D eigenvalue weighted by molar-refractivity contribution is -0.389. The zero-order valence-electron chi connectivity index (χ0n) is 21.0. The summed E-state index contributed by atoms with van der Waals surface area (Å²) >= 11 is 0. The molecule has 2 saturated heterocycles. The van der Waals surface area contributed by atoms with Gasteiger partial charge in [0, 0.05) is 34.9 Å². The van der Waals surface area contributed by atoms with E-state index in [0.29, 0.717) is 18.8 Å². The number of rotatable bonds is 2. The van der Waals surface area contributed by atoms with E-state index in [2.05, 4.69) is 64.3 Å². The lowest BCUT2D eigenvalue weighted by Crippen LogP contribution is -2.84. The third kappa shape index (κ3) is 2.05. The number of benzene rings is 1. The summed E-state index contributed by atoms with van der Waals surface area (Å²) in [5.74, 6) is 1.51. The molecule has 0 radical (unpaired) electrons. The molecule has 7 aliphatic rings. The lowest BCUT2D eigenvalue weighted by atomic mass is 9.33. The number of piperidine rings is 1. The molecule has 4 bridgehead atoms. The van der Waals surface area contributed by atoms with Crippen LogP contribution < -0.4 is 4.74 Å².